The van der Waals surface area contributed by atoms with Gasteiger partial charge in [-0.25, -0.2) is 10.8 Å². The Balaban J connectivity index is 0.000000921. The monoisotopic (exact) mass is 314 g/mol. The highest BCUT2D eigenvalue weighted by atomic mass is 32.1. The van der Waals surface area contributed by atoms with Gasteiger partial charge in [0.25, 0.3) is 0 Å². The van der Waals surface area contributed by atoms with Gasteiger partial charge in [-0.1, -0.05) is 59.3 Å². The van der Waals surface area contributed by atoms with Gasteiger partial charge in [-0.2, -0.15) is 0 Å². The number of nitrogens with one attached hydrogen (secondary N) is 1. The number of hydrogen-bond acceptors (Lipinski definition) is 5. The summed E-state index contributed by atoms with van der Waals surface area (Å²) in [7, 11) is 0. The van der Waals surface area contributed by atoms with Crippen molar-refractivity contribution in [2.75, 3.05) is 11.2 Å². The lowest BCUT2D eigenvalue weighted by Crippen LogP contribution is -2.08. The third-order valence-electron chi connectivity index (χ3n) is 3.73. The van der Waals surface area contributed by atoms with Crippen molar-refractivity contribution in [2.45, 2.75) is 79.6 Å². The maximum atomic E-state index is 5.81. The highest BCUT2D eigenvalue weighted by molar-refractivity contribution is 7.16. The molecule has 1 aromatic rings. The van der Waals surface area contributed by atoms with E-state index in [1.165, 1.54) is 32.1 Å². The number of hydrazine groups is 1. The molecule has 0 aliphatic heterocycles. The number of nitrogens with two attached hydrogens (primary N) is 2. The van der Waals surface area contributed by atoms with Crippen LogP contribution in [-0.4, -0.2) is 4.98 Å². The van der Waals surface area contributed by atoms with E-state index >= 15 is 0 Å². The summed E-state index contributed by atoms with van der Waals surface area (Å²) in [5, 5.41) is 1.94. The third kappa shape index (κ3) is 6.22. The summed E-state index contributed by atoms with van der Waals surface area (Å²) in [6.45, 7) is 12.7. The van der Waals surface area contributed by atoms with Crippen LogP contribution in [-0.2, 0) is 0 Å². The summed E-state index contributed by atoms with van der Waals surface area (Å²) in [6.07, 6.45) is 6.29. The van der Waals surface area contributed by atoms with E-state index in [-0.39, 0.29) is 0 Å². The highest BCUT2D eigenvalue weighted by Gasteiger charge is 2.27. The number of nitrogens with zero attached hydrogens (tertiary/aromatic N) is 1. The predicted molar refractivity (Wildman–Crippen MR) is 96.6 cm³/mol. The van der Waals surface area contributed by atoms with Gasteiger partial charge in [-0.3, -0.25) is 0 Å². The van der Waals surface area contributed by atoms with Crippen LogP contribution in [0.4, 0.5) is 10.8 Å². The van der Waals surface area contributed by atoms with E-state index in [9.17, 15) is 0 Å². The Bertz CT molecular complexity index is 388. The van der Waals surface area contributed by atoms with Crippen molar-refractivity contribution in [3.05, 3.63) is 5.01 Å². The van der Waals surface area contributed by atoms with Crippen molar-refractivity contribution in [2.24, 2.45) is 11.3 Å². The Kier molecular flexibility index (Phi) is 9.62. The zero-order chi connectivity index (χ0) is 16.5. The first-order chi connectivity index (χ1) is 10.0. The molecule has 5 heteroatoms. The van der Waals surface area contributed by atoms with Gasteiger partial charge in [0.1, 0.15) is 10.0 Å². The molecule has 1 atom stereocenters. The lowest BCUT2D eigenvalue weighted by Gasteiger charge is -2.21. The number of anilines is 2. The zero-order valence-corrected chi connectivity index (χ0v) is 15.4. The SMILES string of the molecule is CC.CC.CC1(C)CCCC(c2nc(N)c(NN)s2)CC1. The summed E-state index contributed by atoms with van der Waals surface area (Å²) < 4.78 is 0. The molecule has 0 saturated heterocycles. The molecule has 1 unspecified atom stereocenters. The summed E-state index contributed by atoms with van der Waals surface area (Å²) >= 11 is 1.60. The fourth-order valence-electron chi connectivity index (χ4n) is 2.54. The lowest BCUT2D eigenvalue weighted by atomic mass is 9.85. The number of thiazole rings is 1. The minimum absolute atomic E-state index is 0.479. The van der Waals surface area contributed by atoms with Crippen molar-refractivity contribution in [1.29, 1.82) is 0 Å². The van der Waals surface area contributed by atoms with Crippen LogP contribution in [0.25, 0.3) is 0 Å². The molecular weight excluding hydrogens is 280 g/mol. The second-order valence-corrected chi connectivity index (χ2v) is 6.73. The molecule has 1 aromatic heterocycles. The van der Waals surface area contributed by atoms with Crippen molar-refractivity contribution < 1.29 is 0 Å². The zero-order valence-electron chi connectivity index (χ0n) is 14.6. The largest absolute Gasteiger partial charge is 0.381 e. The van der Waals surface area contributed by atoms with Crippen molar-refractivity contribution in [3.8, 4) is 0 Å². The van der Waals surface area contributed by atoms with Gasteiger partial charge in [-0.05, 0) is 31.1 Å². The first-order valence-corrected chi connectivity index (χ1v) is 9.06. The summed E-state index contributed by atoms with van der Waals surface area (Å²) in [4.78, 5) is 4.45. The number of nitrogen functional groups attached to an aromatic ring is 2. The standard InChI is InChI=1S/C12H22N4S.2C2H6/c1-12(2)6-3-4-8(5-7-12)10-15-9(13)11(16-14)17-10;2*1-2/h8,16H,3-7,13-14H2,1-2H3;2*1-2H3. The van der Waals surface area contributed by atoms with E-state index in [0.717, 1.165) is 10.0 Å². The minimum atomic E-state index is 0.479. The van der Waals surface area contributed by atoms with Gasteiger partial charge in [-0.15, -0.1) is 0 Å². The van der Waals surface area contributed by atoms with Crippen LogP contribution in [0.3, 0.4) is 0 Å². The second-order valence-electron chi connectivity index (χ2n) is 5.70. The Morgan fingerprint density at radius 3 is 2.29 bits per heavy atom. The minimum Gasteiger partial charge on any atom is -0.381 e. The van der Waals surface area contributed by atoms with E-state index in [4.69, 9.17) is 11.6 Å². The molecular formula is C16H34N4S. The molecule has 5 N–H and O–H groups in total. The predicted octanol–water partition coefficient (Wildman–Crippen LogP) is 5.14. The molecule has 0 radical (unpaired) electrons. The van der Waals surface area contributed by atoms with Crippen LogP contribution in [0, 0.1) is 5.41 Å². The van der Waals surface area contributed by atoms with Gasteiger partial charge in [0.2, 0.25) is 0 Å². The second kappa shape index (κ2) is 10.0. The summed E-state index contributed by atoms with van der Waals surface area (Å²) in [6, 6.07) is 0. The number of rotatable bonds is 2. The Morgan fingerprint density at radius 2 is 1.76 bits per heavy atom. The first kappa shape index (κ1) is 20.2. The summed E-state index contributed by atoms with van der Waals surface area (Å²) in [5.74, 6) is 6.51. The maximum absolute atomic E-state index is 5.81. The molecule has 1 aliphatic rings. The molecule has 21 heavy (non-hydrogen) atoms. The highest BCUT2D eigenvalue weighted by Crippen LogP contribution is 2.42. The molecule has 0 spiro atoms. The quantitative estimate of drug-likeness (QED) is 0.401. The third-order valence-corrected chi connectivity index (χ3v) is 4.89. The molecule has 1 heterocycles. The van der Waals surface area contributed by atoms with Crippen LogP contribution in [0.2, 0.25) is 0 Å². The molecule has 1 aliphatic carbocycles. The number of aromatic nitrogens is 1. The van der Waals surface area contributed by atoms with Gasteiger partial charge < -0.3 is 11.2 Å². The van der Waals surface area contributed by atoms with Crippen molar-refractivity contribution in [1.82, 2.24) is 4.98 Å². The van der Waals surface area contributed by atoms with Crippen LogP contribution in [0.5, 0.6) is 0 Å². The van der Waals surface area contributed by atoms with Gasteiger partial charge in [0.05, 0.1) is 0 Å². The van der Waals surface area contributed by atoms with Gasteiger partial charge in [0, 0.05) is 5.92 Å². The Hall–Kier alpha value is -0.810. The van der Waals surface area contributed by atoms with Crippen molar-refractivity contribution >= 4 is 22.2 Å². The van der Waals surface area contributed by atoms with E-state index in [1.807, 2.05) is 27.7 Å². The average Bonchev–Trinajstić information content (AvgIpc) is 2.77. The van der Waals surface area contributed by atoms with Crippen LogP contribution < -0.4 is 17.0 Å². The average molecular weight is 315 g/mol. The number of hydrogen-bond donors (Lipinski definition) is 3. The van der Waals surface area contributed by atoms with E-state index < -0.39 is 0 Å². The lowest BCUT2D eigenvalue weighted by molar-refractivity contribution is 0.313. The van der Waals surface area contributed by atoms with Crippen LogP contribution >= 0.6 is 11.3 Å². The molecule has 1 fully saturated rings. The first-order valence-electron chi connectivity index (χ1n) is 8.25. The van der Waals surface area contributed by atoms with Crippen molar-refractivity contribution in [3.63, 3.8) is 0 Å². The Morgan fingerprint density at radius 1 is 1.14 bits per heavy atom. The maximum Gasteiger partial charge on any atom is 0.160 e. The van der Waals surface area contributed by atoms with E-state index in [1.54, 1.807) is 11.3 Å². The molecule has 124 valence electrons. The smallest absolute Gasteiger partial charge is 0.160 e. The van der Waals surface area contributed by atoms with Gasteiger partial charge >= 0.3 is 0 Å². The molecule has 1 saturated carbocycles. The van der Waals surface area contributed by atoms with Gasteiger partial charge in [0.15, 0.2) is 5.82 Å². The fraction of sp³-hybridized carbons (Fsp3) is 0.812. The fourth-order valence-corrected chi connectivity index (χ4v) is 3.50. The molecule has 0 aromatic carbocycles. The normalized spacial score (nSPS) is 20.2. The molecule has 0 bridgehead atoms. The summed E-state index contributed by atoms with van der Waals surface area (Å²) in [5.41, 5.74) is 8.90. The topological polar surface area (TPSA) is 77.0 Å². The Labute approximate surface area is 134 Å². The molecule has 0 amide bonds. The van der Waals surface area contributed by atoms with E-state index in [0.29, 0.717) is 17.2 Å². The van der Waals surface area contributed by atoms with Crippen LogP contribution in [0.15, 0.2) is 0 Å². The van der Waals surface area contributed by atoms with Crippen LogP contribution in [0.1, 0.15) is 84.6 Å². The molecule has 2 rings (SSSR count). The molecule has 4 nitrogen and oxygen atoms in total. The van der Waals surface area contributed by atoms with E-state index in [2.05, 4.69) is 24.3 Å².